The number of anilines is 1. The van der Waals surface area contributed by atoms with Gasteiger partial charge in [-0.25, -0.2) is 0 Å². The highest BCUT2D eigenvalue weighted by molar-refractivity contribution is 14.1. The second kappa shape index (κ2) is 8.88. The zero-order valence-corrected chi connectivity index (χ0v) is 20.0. The highest BCUT2D eigenvalue weighted by atomic mass is 127. The number of rotatable bonds is 4. The Bertz CT molecular complexity index is 1190. The molecule has 4 nitrogen and oxygen atoms in total. The van der Waals surface area contributed by atoms with E-state index in [0.29, 0.717) is 5.69 Å². The molecule has 0 aliphatic carbocycles. The van der Waals surface area contributed by atoms with Gasteiger partial charge in [0.15, 0.2) is 0 Å². The maximum absolute atomic E-state index is 12.7. The summed E-state index contributed by atoms with van der Waals surface area (Å²) in [5, 5.41) is 12.5. The molecule has 0 aliphatic heterocycles. The predicted octanol–water partition coefficient (Wildman–Crippen LogP) is 6.17. The molecule has 3 aromatic rings. The lowest BCUT2D eigenvalue weighted by atomic mass is 10.1. The standard InChI is InChI=1S/C25H24IN3O/c1-15-8-16(2)10-22(9-15)28-25(30)21(14-27)13-20-12-18(4)29(19(20)5)23-6-7-24(26)17(3)11-23/h6-13H,1-5H3,(H,28,30)/b21-13-. The van der Waals surface area contributed by atoms with Gasteiger partial charge in [-0.3, -0.25) is 4.79 Å². The van der Waals surface area contributed by atoms with Gasteiger partial charge >= 0.3 is 0 Å². The molecule has 0 spiro atoms. The molecule has 30 heavy (non-hydrogen) atoms. The van der Waals surface area contributed by atoms with Crippen molar-refractivity contribution in [3.05, 3.63) is 85.2 Å². The zero-order chi connectivity index (χ0) is 22.0. The number of nitrogens with zero attached hydrogens (tertiary/aromatic N) is 2. The Labute approximate surface area is 191 Å². The number of carbonyl (C=O) groups is 1. The van der Waals surface area contributed by atoms with Crippen LogP contribution in [0.1, 0.15) is 33.6 Å². The molecule has 3 rings (SSSR count). The van der Waals surface area contributed by atoms with E-state index in [4.69, 9.17) is 0 Å². The summed E-state index contributed by atoms with van der Waals surface area (Å²) >= 11 is 2.32. The number of benzene rings is 2. The maximum atomic E-state index is 12.7. The number of aryl methyl sites for hydroxylation is 4. The van der Waals surface area contributed by atoms with Gasteiger partial charge in [0.25, 0.3) is 5.91 Å². The van der Waals surface area contributed by atoms with E-state index < -0.39 is 5.91 Å². The van der Waals surface area contributed by atoms with Gasteiger partial charge in [0.05, 0.1) is 0 Å². The minimum atomic E-state index is -0.405. The fraction of sp³-hybridized carbons (Fsp3) is 0.200. The number of hydrogen-bond donors (Lipinski definition) is 1. The Morgan fingerprint density at radius 3 is 2.30 bits per heavy atom. The number of amides is 1. The minimum absolute atomic E-state index is 0.0770. The van der Waals surface area contributed by atoms with Crippen LogP contribution >= 0.6 is 22.6 Å². The molecular weight excluding hydrogens is 485 g/mol. The second-order valence-corrected chi connectivity index (χ2v) is 8.76. The van der Waals surface area contributed by atoms with Crippen LogP contribution in [0.25, 0.3) is 11.8 Å². The number of nitriles is 1. The highest BCUT2D eigenvalue weighted by Crippen LogP contribution is 2.25. The lowest BCUT2D eigenvalue weighted by Crippen LogP contribution is -2.13. The molecule has 0 unspecified atom stereocenters. The molecule has 0 saturated carbocycles. The minimum Gasteiger partial charge on any atom is -0.321 e. The van der Waals surface area contributed by atoms with Crippen molar-refractivity contribution in [1.82, 2.24) is 4.57 Å². The number of halogens is 1. The van der Waals surface area contributed by atoms with Crippen molar-refractivity contribution in [2.45, 2.75) is 34.6 Å². The first kappa shape index (κ1) is 21.8. The van der Waals surface area contributed by atoms with Crippen LogP contribution in [0.15, 0.2) is 48.0 Å². The second-order valence-electron chi connectivity index (χ2n) is 7.60. The average Bonchev–Trinajstić information content (AvgIpc) is 2.94. The van der Waals surface area contributed by atoms with Crippen LogP contribution in [0.3, 0.4) is 0 Å². The van der Waals surface area contributed by atoms with Crippen LogP contribution in [0.5, 0.6) is 0 Å². The van der Waals surface area contributed by atoms with E-state index in [1.807, 2.05) is 52.0 Å². The molecule has 0 atom stereocenters. The third-order valence-corrected chi connectivity index (χ3v) is 6.22. The summed E-state index contributed by atoms with van der Waals surface area (Å²) in [7, 11) is 0. The average molecular weight is 509 g/mol. The largest absolute Gasteiger partial charge is 0.321 e. The summed E-state index contributed by atoms with van der Waals surface area (Å²) < 4.78 is 3.36. The van der Waals surface area contributed by atoms with Gasteiger partial charge < -0.3 is 9.88 Å². The predicted molar refractivity (Wildman–Crippen MR) is 131 cm³/mol. The first-order valence-corrected chi connectivity index (χ1v) is 10.7. The lowest BCUT2D eigenvalue weighted by Gasteiger charge is -2.11. The Balaban J connectivity index is 1.95. The van der Waals surface area contributed by atoms with Crippen molar-refractivity contribution in [2.24, 2.45) is 0 Å². The fourth-order valence-electron chi connectivity index (χ4n) is 3.65. The highest BCUT2D eigenvalue weighted by Gasteiger charge is 2.14. The summed E-state index contributed by atoms with van der Waals surface area (Å²) in [4.78, 5) is 12.7. The molecule has 0 fully saturated rings. The van der Waals surface area contributed by atoms with E-state index >= 15 is 0 Å². The van der Waals surface area contributed by atoms with Crippen LogP contribution in [-0.4, -0.2) is 10.5 Å². The van der Waals surface area contributed by atoms with Crippen LogP contribution in [0.2, 0.25) is 0 Å². The molecule has 0 radical (unpaired) electrons. The molecule has 5 heteroatoms. The number of carbonyl (C=O) groups excluding carboxylic acids is 1. The molecule has 152 valence electrons. The summed E-state index contributed by atoms with van der Waals surface area (Å²) in [5.74, 6) is -0.405. The summed E-state index contributed by atoms with van der Waals surface area (Å²) in [6.45, 7) is 10.1. The van der Waals surface area contributed by atoms with Crippen LogP contribution < -0.4 is 5.32 Å². The topological polar surface area (TPSA) is 57.8 Å². The molecule has 1 aromatic heterocycles. The van der Waals surface area contributed by atoms with E-state index in [-0.39, 0.29) is 5.57 Å². The maximum Gasteiger partial charge on any atom is 0.266 e. The first-order valence-electron chi connectivity index (χ1n) is 9.66. The van der Waals surface area contributed by atoms with E-state index in [1.165, 1.54) is 9.13 Å². The van der Waals surface area contributed by atoms with Crippen molar-refractivity contribution >= 4 is 40.3 Å². The molecule has 1 N–H and O–H groups in total. The van der Waals surface area contributed by atoms with Gasteiger partial charge in [0.1, 0.15) is 11.6 Å². The van der Waals surface area contributed by atoms with E-state index in [9.17, 15) is 10.1 Å². The molecule has 2 aromatic carbocycles. The van der Waals surface area contributed by atoms with Crippen LogP contribution in [0.4, 0.5) is 5.69 Å². The normalized spacial score (nSPS) is 11.3. The molecule has 1 heterocycles. The third-order valence-electron chi connectivity index (χ3n) is 5.01. The Morgan fingerprint density at radius 2 is 1.70 bits per heavy atom. The van der Waals surface area contributed by atoms with Crippen molar-refractivity contribution in [2.75, 3.05) is 5.32 Å². The lowest BCUT2D eigenvalue weighted by molar-refractivity contribution is -0.112. The van der Waals surface area contributed by atoms with Gasteiger partial charge in [-0.05, 0) is 122 Å². The molecular formula is C25H24IN3O. The van der Waals surface area contributed by atoms with Gasteiger partial charge in [-0.2, -0.15) is 5.26 Å². The summed E-state index contributed by atoms with van der Waals surface area (Å²) in [6.07, 6.45) is 1.66. The number of nitrogens with one attached hydrogen (secondary N) is 1. The SMILES string of the molecule is Cc1cc(C)cc(NC(=O)/C(C#N)=C\c2cc(C)n(-c3ccc(I)c(C)c3)c2C)c1. The quantitative estimate of drug-likeness (QED) is 0.260. The zero-order valence-electron chi connectivity index (χ0n) is 17.8. The molecule has 0 aliphatic rings. The van der Waals surface area contributed by atoms with E-state index in [2.05, 4.69) is 63.7 Å². The third kappa shape index (κ3) is 4.65. The Hall–Kier alpha value is -2.85. The first-order chi connectivity index (χ1) is 14.2. The summed E-state index contributed by atoms with van der Waals surface area (Å²) in [5.41, 5.74) is 8.06. The fourth-order valence-corrected chi connectivity index (χ4v) is 3.98. The van der Waals surface area contributed by atoms with Gasteiger partial charge in [-0.15, -0.1) is 0 Å². The Morgan fingerprint density at radius 1 is 1.03 bits per heavy atom. The van der Waals surface area contributed by atoms with Gasteiger partial charge in [-0.1, -0.05) is 6.07 Å². The molecule has 0 saturated heterocycles. The van der Waals surface area contributed by atoms with Gasteiger partial charge in [0.2, 0.25) is 0 Å². The molecule has 1 amide bonds. The Kier molecular flexibility index (Phi) is 6.47. The molecule has 0 bridgehead atoms. The van der Waals surface area contributed by atoms with E-state index in [0.717, 1.165) is 33.8 Å². The summed E-state index contributed by atoms with van der Waals surface area (Å²) in [6, 6.07) is 16.2. The van der Waals surface area contributed by atoms with E-state index in [1.54, 1.807) is 6.08 Å². The smallest absolute Gasteiger partial charge is 0.266 e. The number of aromatic nitrogens is 1. The van der Waals surface area contributed by atoms with Crippen LogP contribution in [-0.2, 0) is 4.79 Å². The van der Waals surface area contributed by atoms with Crippen LogP contribution in [0, 0.1) is 49.5 Å². The monoisotopic (exact) mass is 509 g/mol. The number of hydrogen-bond acceptors (Lipinski definition) is 2. The van der Waals surface area contributed by atoms with Gasteiger partial charge in [0, 0.05) is 26.3 Å². The van der Waals surface area contributed by atoms with Crippen molar-refractivity contribution in [3.63, 3.8) is 0 Å². The van der Waals surface area contributed by atoms with Crippen molar-refractivity contribution in [3.8, 4) is 11.8 Å². The van der Waals surface area contributed by atoms with Crippen molar-refractivity contribution < 1.29 is 4.79 Å². The van der Waals surface area contributed by atoms with Crippen molar-refractivity contribution in [1.29, 1.82) is 5.26 Å².